The highest BCUT2D eigenvalue weighted by Gasteiger charge is 2.08. The smallest absolute Gasteiger partial charge is 0.387 e. The lowest BCUT2D eigenvalue weighted by atomic mass is 10.1. The maximum atomic E-state index is 12.0. The van der Waals surface area contributed by atoms with Gasteiger partial charge in [-0.2, -0.15) is 19.3 Å². The molecule has 3 nitrogen and oxygen atoms in total. The zero-order chi connectivity index (χ0) is 12.8. The number of nitriles is 2. The van der Waals surface area contributed by atoms with Crippen molar-refractivity contribution in [3.63, 3.8) is 0 Å². The minimum atomic E-state index is -2.90. The van der Waals surface area contributed by atoms with Crippen LogP contribution in [0, 0.1) is 22.7 Å². The summed E-state index contributed by atoms with van der Waals surface area (Å²) in [7, 11) is 0. The van der Waals surface area contributed by atoms with Crippen LogP contribution in [-0.4, -0.2) is 6.61 Å². The van der Waals surface area contributed by atoms with Crippen LogP contribution in [0.15, 0.2) is 28.2 Å². The van der Waals surface area contributed by atoms with E-state index in [1.807, 2.05) is 0 Å². The second-order valence-corrected chi connectivity index (χ2v) is 3.70. The van der Waals surface area contributed by atoms with E-state index in [4.69, 9.17) is 10.5 Å². The normalized spacial score (nSPS) is 9.29. The molecule has 0 bridgehead atoms. The molecule has 0 fully saturated rings. The minimum absolute atomic E-state index is 0.00684. The van der Waals surface area contributed by atoms with Gasteiger partial charge in [-0.3, -0.25) is 0 Å². The molecule has 0 aliphatic rings. The van der Waals surface area contributed by atoms with Gasteiger partial charge in [0, 0.05) is 0 Å². The highest BCUT2D eigenvalue weighted by Crippen LogP contribution is 2.28. The molecule has 1 aromatic rings. The van der Waals surface area contributed by atoms with Crippen LogP contribution in [0.1, 0.15) is 5.56 Å². The molecule has 0 atom stereocenters. The van der Waals surface area contributed by atoms with Crippen molar-refractivity contribution in [1.82, 2.24) is 0 Å². The van der Waals surface area contributed by atoms with Crippen LogP contribution in [0.2, 0.25) is 0 Å². The van der Waals surface area contributed by atoms with Gasteiger partial charge >= 0.3 is 6.61 Å². The number of halogens is 3. The van der Waals surface area contributed by atoms with E-state index < -0.39 is 6.61 Å². The average Bonchev–Trinajstić information content (AvgIpc) is 2.29. The molecule has 17 heavy (non-hydrogen) atoms. The van der Waals surface area contributed by atoms with Gasteiger partial charge in [0.2, 0.25) is 0 Å². The van der Waals surface area contributed by atoms with E-state index in [1.54, 1.807) is 12.1 Å². The van der Waals surface area contributed by atoms with Gasteiger partial charge in [0.25, 0.3) is 0 Å². The number of hydrogen-bond acceptors (Lipinski definition) is 3. The molecule has 0 saturated carbocycles. The quantitative estimate of drug-likeness (QED) is 0.803. The Labute approximate surface area is 105 Å². The van der Waals surface area contributed by atoms with E-state index in [0.717, 1.165) is 0 Å². The SMILES string of the molecule is N#CC(C#N)=Cc1ccc(OC(F)F)c(Br)c1. The Bertz CT molecular complexity index is 513. The third-order valence-electron chi connectivity index (χ3n) is 1.72. The average molecular weight is 299 g/mol. The molecular formula is C11H5BrF2N2O. The fraction of sp³-hybridized carbons (Fsp3) is 0.0909. The zero-order valence-electron chi connectivity index (χ0n) is 8.32. The first kappa shape index (κ1) is 13.1. The number of rotatable bonds is 3. The van der Waals surface area contributed by atoms with Gasteiger partial charge < -0.3 is 4.74 Å². The number of alkyl halides is 2. The molecule has 0 unspecified atom stereocenters. The van der Waals surface area contributed by atoms with Gasteiger partial charge in [-0.15, -0.1) is 0 Å². The summed E-state index contributed by atoms with van der Waals surface area (Å²) in [5.41, 5.74) is 0.469. The van der Waals surface area contributed by atoms with Crippen LogP contribution in [0.3, 0.4) is 0 Å². The Morgan fingerprint density at radius 1 is 1.35 bits per heavy atom. The molecule has 6 heteroatoms. The Kier molecular flexibility index (Phi) is 4.62. The molecule has 0 amide bonds. The Morgan fingerprint density at radius 3 is 2.47 bits per heavy atom. The summed E-state index contributed by atoms with van der Waals surface area (Å²) in [6, 6.07) is 7.68. The summed E-state index contributed by atoms with van der Waals surface area (Å²) in [6.45, 7) is -2.90. The highest BCUT2D eigenvalue weighted by molar-refractivity contribution is 9.10. The number of nitrogens with zero attached hydrogens (tertiary/aromatic N) is 2. The summed E-state index contributed by atoms with van der Waals surface area (Å²) in [6.07, 6.45) is 1.34. The molecular weight excluding hydrogens is 294 g/mol. The van der Waals surface area contributed by atoms with E-state index in [-0.39, 0.29) is 11.3 Å². The maximum Gasteiger partial charge on any atom is 0.387 e. The van der Waals surface area contributed by atoms with Crippen molar-refractivity contribution in [3.05, 3.63) is 33.8 Å². The standard InChI is InChI=1S/C11H5BrF2N2O/c12-9-4-7(3-8(5-15)6-16)1-2-10(9)17-11(13)14/h1-4,11H. The van der Waals surface area contributed by atoms with Gasteiger partial charge in [0.05, 0.1) is 4.47 Å². The van der Waals surface area contributed by atoms with E-state index in [2.05, 4.69) is 20.7 Å². The van der Waals surface area contributed by atoms with E-state index in [0.29, 0.717) is 10.0 Å². The van der Waals surface area contributed by atoms with Crippen molar-refractivity contribution in [1.29, 1.82) is 10.5 Å². The Balaban J connectivity index is 3.02. The number of ether oxygens (including phenoxy) is 1. The van der Waals surface area contributed by atoms with Crippen molar-refractivity contribution < 1.29 is 13.5 Å². The molecule has 0 aromatic heterocycles. The van der Waals surface area contributed by atoms with Gasteiger partial charge in [-0.1, -0.05) is 6.07 Å². The topological polar surface area (TPSA) is 56.8 Å². The lowest BCUT2D eigenvalue weighted by Gasteiger charge is -2.06. The summed E-state index contributed by atoms with van der Waals surface area (Å²) in [4.78, 5) is 0. The fourth-order valence-electron chi connectivity index (χ4n) is 1.05. The van der Waals surface area contributed by atoms with E-state index in [1.165, 1.54) is 24.3 Å². The summed E-state index contributed by atoms with van der Waals surface area (Å²) >= 11 is 3.06. The molecule has 86 valence electrons. The second-order valence-electron chi connectivity index (χ2n) is 2.85. The second kappa shape index (κ2) is 5.97. The van der Waals surface area contributed by atoms with Gasteiger partial charge in [0.15, 0.2) is 0 Å². The molecule has 0 spiro atoms. The molecule has 0 N–H and O–H groups in total. The number of allylic oxidation sites excluding steroid dienone is 1. The van der Waals surface area contributed by atoms with Gasteiger partial charge in [0.1, 0.15) is 23.5 Å². The monoisotopic (exact) mass is 298 g/mol. The third-order valence-corrected chi connectivity index (χ3v) is 2.34. The molecule has 1 aromatic carbocycles. The summed E-state index contributed by atoms with van der Waals surface area (Å²) in [5, 5.41) is 17.1. The largest absolute Gasteiger partial charge is 0.434 e. The first-order valence-electron chi connectivity index (χ1n) is 4.33. The molecule has 1 rings (SSSR count). The Hall–Kier alpha value is -1.92. The first-order valence-corrected chi connectivity index (χ1v) is 5.12. The van der Waals surface area contributed by atoms with Crippen LogP contribution < -0.4 is 4.74 Å². The van der Waals surface area contributed by atoms with E-state index >= 15 is 0 Å². The van der Waals surface area contributed by atoms with Crippen molar-refractivity contribution in [2.75, 3.05) is 0 Å². The van der Waals surface area contributed by atoms with Crippen LogP contribution >= 0.6 is 15.9 Å². The molecule has 0 aliphatic carbocycles. The molecule has 0 heterocycles. The minimum Gasteiger partial charge on any atom is -0.434 e. The van der Waals surface area contributed by atoms with Crippen LogP contribution in [0.5, 0.6) is 5.75 Å². The lowest BCUT2D eigenvalue weighted by molar-refractivity contribution is -0.0503. The first-order chi connectivity index (χ1) is 8.06. The van der Waals surface area contributed by atoms with Gasteiger partial charge in [-0.25, -0.2) is 0 Å². The van der Waals surface area contributed by atoms with Crippen molar-refractivity contribution in [3.8, 4) is 17.9 Å². The number of hydrogen-bond donors (Lipinski definition) is 0. The lowest BCUT2D eigenvalue weighted by Crippen LogP contribution is -2.02. The van der Waals surface area contributed by atoms with E-state index in [9.17, 15) is 8.78 Å². The van der Waals surface area contributed by atoms with Crippen molar-refractivity contribution >= 4 is 22.0 Å². The van der Waals surface area contributed by atoms with Crippen LogP contribution in [0.25, 0.3) is 6.08 Å². The van der Waals surface area contributed by atoms with Crippen molar-refractivity contribution in [2.45, 2.75) is 6.61 Å². The molecule has 0 saturated heterocycles. The summed E-state index contributed by atoms with van der Waals surface area (Å²) in [5.74, 6) is -0.00684. The van der Waals surface area contributed by atoms with Crippen LogP contribution in [-0.2, 0) is 0 Å². The molecule has 0 aliphatic heterocycles. The predicted molar refractivity (Wildman–Crippen MR) is 60.0 cm³/mol. The number of benzene rings is 1. The maximum absolute atomic E-state index is 12.0. The van der Waals surface area contributed by atoms with Gasteiger partial charge in [-0.05, 0) is 39.7 Å². The third kappa shape index (κ3) is 3.86. The fourth-order valence-corrected chi connectivity index (χ4v) is 1.54. The Morgan fingerprint density at radius 2 is 2.00 bits per heavy atom. The van der Waals surface area contributed by atoms with Crippen molar-refractivity contribution in [2.24, 2.45) is 0 Å². The molecule has 0 radical (unpaired) electrons. The predicted octanol–water partition coefficient (Wildman–Crippen LogP) is 3.48. The highest BCUT2D eigenvalue weighted by atomic mass is 79.9. The summed E-state index contributed by atoms with van der Waals surface area (Å²) < 4.78 is 28.5. The zero-order valence-corrected chi connectivity index (χ0v) is 9.91. The van der Waals surface area contributed by atoms with Crippen LogP contribution in [0.4, 0.5) is 8.78 Å².